The largest absolute Gasteiger partial charge is 0.418 e. The van der Waals surface area contributed by atoms with Crippen molar-refractivity contribution in [2.24, 2.45) is 0 Å². The third-order valence-corrected chi connectivity index (χ3v) is 3.37. The van der Waals surface area contributed by atoms with Gasteiger partial charge in [-0.1, -0.05) is 0 Å². The summed E-state index contributed by atoms with van der Waals surface area (Å²) in [6.45, 7) is 0. The van der Waals surface area contributed by atoms with E-state index in [9.17, 15) is 13.2 Å². The van der Waals surface area contributed by atoms with Gasteiger partial charge in [-0.05, 0) is 52.3 Å². The number of hydrogen-bond donors (Lipinski definition) is 2. The van der Waals surface area contributed by atoms with Gasteiger partial charge < -0.3 is 11.1 Å². The number of nitrogen functional groups attached to an aromatic ring is 1. The normalized spacial score (nSPS) is 11.0. The lowest BCUT2D eigenvalue weighted by atomic mass is 10.1. The van der Waals surface area contributed by atoms with Crippen LogP contribution in [0.25, 0.3) is 0 Å². The Morgan fingerprint density at radius 1 is 1.10 bits per heavy atom. The first-order valence-corrected chi connectivity index (χ1v) is 6.54. The van der Waals surface area contributed by atoms with Crippen LogP contribution < -0.4 is 11.1 Å². The molecule has 3 N–H and O–H groups in total. The minimum absolute atomic E-state index is 0.0340. The van der Waals surface area contributed by atoms with Crippen LogP contribution in [0.5, 0.6) is 0 Å². The maximum absolute atomic E-state index is 13.0. The maximum Gasteiger partial charge on any atom is 0.418 e. The highest BCUT2D eigenvalue weighted by Gasteiger charge is 2.33. The third kappa shape index (κ3) is 3.47. The van der Waals surface area contributed by atoms with Crippen LogP contribution in [0.2, 0.25) is 0 Å². The number of hydrogen-bond acceptors (Lipinski definition) is 3. The van der Waals surface area contributed by atoms with E-state index in [0.29, 0.717) is 15.7 Å². The fraction of sp³-hybridized carbons (Fsp3) is 0.0714. The zero-order valence-corrected chi connectivity index (χ0v) is 12.1. The van der Waals surface area contributed by atoms with Crippen LogP contribution in [0, 0.1) is 11.3 Å². The number of alkyl halides is 3. The first-order valence-electron chi connectivity index (χ1n) is 5.74. The van der Waals surface area contributed by atoms with Crippen molar-refractivity contribution in [2.45, 2.75) is 6.18 Å². The molecular weight excluding hydrogens is 347 g/mol. The SMILES string of the molecule is N#Cc1ccc(Nc2ccc(N)cc2C(F)(F)F)c(Br)c1. The van der Waals surface area contributed by atoms with Gasteiger partial charge in [-0.15, -0.1) is 0 Å². The highest BCUT2D eigenvalue weighted by molar-refractivity contribution is 9.10. The first kappa shape index (κ1) is 15.2. The van der Waals surface area contributed by atoms with E-state index in [-0.39, 0.29) is 11.4 Å². The zero-order valence-electron chi connectivity index (χ0n) is 10.5. The average molecular weight is 356 g/mol. The molecule has 0 aromatic heterocycles. The van der Waals surface area contributed by atoms with Gasteiger partial charge in [0, 0.05) is 10.2 Å². The minimum atomic E-state index is -4.52. The molecule has 0 aliphatic rings. The van der Waals surface area contributed by atoms with Gasteiger partial charge in [-0.25, -0.2) is 0 Å². The Balaban J connectivity index is 2.43. The number of nitrogens with zero attached hydrogens (tertiary/aromatic N) is 1. The summed E-state index contributed by atoms with van der Waals surface area (Å²) in [7, 11) is 0. The van der Waals surface area contributed by atoms with E-state index in [1.165, 1.54) is 30.3 Å². The second-order valence-electron chi connectivity index (χ2n) is 4.23. The standard InChI is InChI=1S/C14H9BrF3N3/c15-11-5-8(7-19)1-3-13(11)21-12-4-2-9(20)6-10(12)14(16,17)18/h1-6,21H,20H2. The van der Waals surface area contributed by atoms with Gasteiger partial charge >= 0.3 is 6.18 Å². The minimum Gasteiger partial charge on any atom is -0.399 e. The molecule has 3 nitrogen and oxygen atoms in total. The Morgan fingerprint density at radius 3 is 2.33 bits per heavy atom. The third-order valence-electron chi connectivity index (χ3n) is 2.72. The summed E-state index contributed by atoms with van der Waals surface area (Å²) < 4.78 is 39.5. The van der Waals surface area contributed by atoms with Crippen molar-refractivity contribution < 1.29 is 13.2 Å². The van der Waals surface area contributed by atoms with Crippen LogP contribution in [0.4, 0.5) is 30.2 Å². The molecule has 0 bridgehead atoms. The first-order chi connectivity index (χ1) is 9.81. The van der Waals surface area contributed by atoms with E-state index < -0.39 is 11.7 Å². The monoisotopic (exact) mass is 355 g/mol. The molecule has 7 heteroatoms. The average Bonchev–Trinajstić information content (AvgIpc) is 2.41. The van der Waals surface area contributed by atoms with Crippen molar-refractivity contribution in [3.8, 4) is 6.07 Å². The van der Waals surface area contributed by atoms with Crippen LogP contribution in [-0.4, -0.2) is 0 Å². The maximum atomic E-state index is 13.0. The van der Waals surface area contributed by atoms with Gasteiger partial charge in [0.05, 0.1) is 28.6 Å². The van der Waals surface area contributed by atoms with Crippen LogP contribution in [0.3, 0.4) is 0 Å². The lowest BCUT2D eigenvalue weighted by Crippen LogP contribution is -2.09. The summed E-state index contributed by atoms with van der Waals surface area (Å²) in [5, 5.41) is 11.5. The van der Waals surface area contributed by atoms with E-state index in [1.807, 2.05) is 6.07 Å². The van der Waals surface area contributed by atoms with Crippen LogP contribution in [-0.2, 0) is 6.18 Å². The second kappa shape index (κ2) is 5.66. The van der Waals surface area contributed by atoms with E-state index in [0.717, 1.165) is 6.07 Å². The van der Waals surface area contributed by atoms with Crippen molar-refractivity contribution in [3.63, 3.8) is 0 Å². The summed E-state index contributed by atoms with van der Waals surface area (Å²) in [4.78, 5) is 0. The van der Waals surface area contributed by atoms with Gasteiger partial charge in [-0.2, -0.15) is 18.4 Å². The van der Waals surface area contributed by atoms with Crippen LogP contribution >= 0.6 is 15.9 Å². The summed E-state index contributed by atoms with van der Waals surface area (Å²) in [6, 6.07) is 10.0. The van der Waals surface area contributed by atoms with E-state index >= 15 is 0 Å². The Morgan fingerprint density at radius 2 is 1.76 bits per heavy atom. The van der Waals surface area contributed by atoms with Crippen molar-refractivity contribution in [3.05, 3.63) is 52.0 Å². The molecule has 0 aliphatic heterocycles. The number of rotatable bonds is 2. The highest BCUT2D eigenvalue weighted by atomic mass is 79.9. The molecule has 0 saturated carbocycles. The van der Waals surface area contributed by atoms with Crippen molar-refractivity contribution in [1.29, 1.82) is 5.26 Å². The molecule has 0 spiro atoms. The summed E-state index contributed by atoms with van der Waals surface area (Å²) in [5.41, 5.74) is 5.31. The second-order valence-corrected chi connectivity index (χ2v) is 5.09. The number of benzene rings is 2. The Bertz CT molecular complexity index is 720. The Hall–Kier alpha value is -2.20. The molecule has 0 atom stereocenters. The molecule has 0 fully saturated rings. The number of nitrogens with two attached hydrogens (primary N) is 1. The quantitative estimate of drug-likeness (QED) is 0.769. The van der Waals surface area contributed by atoms with E-state index in [1.54, 1.807) is 0 Å². The topological polar surface area (TPSA) is 61.8 Å². The van der Waals surface area contributed by atoms with Gasteiger partial charge in [-0.3, -0.25) is 0 Å². The fourth-order valence-corrected chi connectivity index (χ4v) is 2.21. The van der Waals surface area contributed by atoms with Crippen molar-refractivity contribution >= 4 is 33.0 Å². The van der Waals surface area contributed by atoms with Crippen molar-refractivity contribution in [2.75, 3.05) is 11.1 Å². The Kier molecular flexibility index (Phi) is 4.09. The van der Waals surface area contributed by atoms with Crippen LogP contribution in [0.1, 0.15) is 11.1 Å². The summed E-state index contributed by atoms with van der Waals surface area (Å²) in [6.07, 6.45) is -4.52. The van der Waals surface area contributed by atoms with Gasteiger partial charge in [0.1, 0.15) is 0 Å². The molecule has 0 heterocycles. The Labute approximate surface area is 127 Å². The smallest absolute Gasteiger partial charge is 0.399 e. The molecule has 0 radical (unpaired) electrons. The molecule has 0 saturated heterocycles. The molecule has 0 aliphatic carbocycles. The molecule has 0 unspecified atom stereocenters. The van der Waals surface area contributed by atoms with Crippen molar-refractivity contribution in [1.82, 2.24) is 0 Å². The molecule has 2 aromatic rings. The predicted octanol–water partition coefficient (Wildman–Crippen LogP) is 4.67. The number of halogens is 4. The lowest BCUT2D eigenvalue weighted by molar-refractivity contribution is -0.136. The van der Waals surface area contributed by atoms with E-state index in [2.05, 4.69) is 21.2 Å². The number of nitriles is 1. The van der Waals surface area contributed by atoms with Gasteiger partial charge in [0.2, 0.25) is 0 Å². The van der Waals surface area contributed by atoms with E-state index in [4.69, 9.17) is 11.0 Å². The molecule has 108 valence electrons. The number of nitrogens with one attached hydrogen (secondary N) is 1. The lowest BCUT2D eigenvalue weighted by Gasteiger charge is -2.16. The molecule has 2 aromatic carbocycles. The summed E-state index contributed by atoms with van der Waals surface area (Å²) in [5.74, 6) is 0. The molecular formula is C14H9BrF3N3. The molecule has 21 heavy (non-hydrogen) atoms. The molecule has 2 rings (SSSR count). The number of anilines is 3. The highest BCUT2D eigenvalue weighted by Crippen LogP contribution is 2.38. The van der Waals surface area contributed by atoms with Gasteiger partial charge in [0.25, 0.3) is 0 Å². The molecule has 0 amide bonds. The van der Waals surface area contributed by atoms with Gasteiger partial charge in [0.15, 0.2) is 0 Å². The van der Waals surface area contributed by atoms with Crippen LogP contribution in [0.15, 0.2) is 40.9 Å². The fourth-order valence-electron chi connectivity index (χ4n) is 1.74. The summed E-state index contributed by atoms with van der Waals surface area (Å²) >= 11 is 3.22. The zero-order chi connectivity index (χ0) is 15.6. The predicted molar refractivity (Wildman–Crippen MR) is 78.0 cm³/mol.